The van der Waals surface area contributed by atoms with E-state index in [1.807, 2.05) is 92.9 Å². The molecule has 1 aromatic heterocycles. The zero-order valence-electron chi connectivity index (χ0n) is 22.2. The van der Waals surface area contributed by atoms with Crippen LogP contribution in [0.1, 0.15) is 29.2 Å². The van der Waals surface area contributed by atoms with Crippen LogP contribution in [0.15, 0.2) is 83.7 Å². The highest BCUT2D eigenvalue weighted by Crippen LogP contribution is 2.27. The van der Waals surface area contributed by atoms with Crippen LogP contribution >= 0.6 is 0 Å². The Hall–Kier alpha value is -3.88. The molecule has 0 spiro atoms. The average Bonchev–Trinajstić information content (AvgIpc) is 3.28. The summed E-state index contributed by atoms with van der Waals surface area (Å²) in [7, 11) is 0. The van der Waals surface area contributed by atoms with E-state index >= 15 is 0 Å². The number of piperidine rings is 1. The van der Waals surface area contributed by atoms with Gasteiger partial charge in [0.1, 0.15) is 0 Å². The van der Waals surface area contributed by atoms with Gasteiger partial charge in [0.05, 0.1) is 24.2 Å². The summed E-state index contributed by atoms with van der Waals surface area (Å²) < 4.78 is 9.36. The van der Waals surface area contributed by atoms with Crippen molar-refractivity contribution in [2.24, 2.45) is 0 Å². The van der Waals surface area contributed by atoms with Crippen LogP contribution in [-0.4, -0.2) is 70.8 Å². The Morgan fingerprint density at radius 3 is 2.13 bits per heavy atom. The number of para-hydroxylation sites is 3. The van der Waals surface area contributed by atoms with Crippen LogP contribution in [0, 0.1) is 0 Å². The van der Waals surface area contributed by atoms with Crippen molar-refractivity contribution >= 4 is 28.3 Å². The number of nitrogens with zero attached hydrogens (tertiary/aromatic N) is 4. The van der Waals surface area contributed by atoms with Crippen molar-refractivity contribution in [3.8, 4) is 0 Å². The number of ether oxygens (including phenoxy) is 1. The van der Waals surface area contributed by atoms with Gasteiger partial charge < -0.3 is 15.0 Å². The van der Waals surface area contributed by atoms with Crippen LogP contribution in [0.5, 0.6) is 0 Å². The van der Waals surface area contributed by atoms with Crippen molar-refractivity contribution in [2.75, 3.05) is 51.3 Å². The SMILES string of the molecule is O=C(c1ccc(Nc2ccccc2)cc1)N1CCC(n2c(=O)n(CCN3CCOCC3)c3ccccc32)CC1. The van der Waals surface area contributed by atoms with Gasteiger partial charge in [-0.1, -0.05) is 30.3 Å². The van der Waals surface area contributed by atoms with Crippen LogP contribution in [0.3, 0.4) is 0 Å². The first-order valence-electron chi connectivity index (χ1n) is 13.9. The summed E-state index contributed by atoms with van der Waals surface area (Å²) in [6.45, 7) is 6.09. The van der Waals surface area contributed by atoms with Gasteiger partial charge in [0.25, 0.3) is 5.91 Å². The monoisotopic (exact) mass is 525 g/mol. The maximum atomic E-state index is 13.7. The van der Waals surface area contributed by atoms with E-state index < -0.39 is 0 Å². The fourth-order valence-corrected chi connectivity index (χ4v) is 5.76. The fourth-order valence-electron chi connectivity index (χ4n) is 5.76. The van der Waals surface area contributed by atoms with Crippen LogP contribution < -0.4 is 11.0 Å². The highest BCUT2D eigenvalue weighted by molar-refractivity contribution is 5.94. The average molecular weight is 526 g/mol. The summed E-state index contributed by atoms with van der Waals surface area (Å²) in [5, 5.41) is 3.36. The first kappa shape index (κ1) is 25.4. The number of carbonyl (C=O) groups is 1. The van der Waals surface area contributed by atoms with E-state index in [1.165, 1.54) is 0 Å². The van der Waals surface area contributed by atoms with E-state index in [9.17, 15) is 9.59 Å². The predicted octanol–water partition coefficient (Wildman–Crippen LogP) is 4.36. The van der Waals surface area contributed by atoms with Crippen molar-refractivity contribution in [3.05, 3.63) is 94.9 Å². The van der Waals surface area contributed by atoms with Crippen LogP contribution in [0.4, 0.5) is 11.4 Å². The third kappa shape index (κ3) is 5.48. The largest absolute Gasteiger partial charge is 0.379 e. The minimum atomic E-state index is 0.0417. The van der Waals surface area contributed by atoms with E-state index in [0.717, 1.165) is 68.1 Å². The summed E-state index contributed by atoms with van der Waals surface area (Å²) in [5.41, 5.74) is 4.66. The molecular weight excluding hydrogens is 490 g/mol. The molecule has 0 aliphatic carbocycles. The molecule has 2 saturated heterocycles. The number of amides is 1. The quantitative estimate of drug-likeness (QED) is 0.388. The van der Waals surface area contributed by atoms with Crippen LogP contribution in [-0.2, 0) is 11.3 Å². The molecule has 1 amide bonds. The van der Waals surface area contributed by atoms with E-state index in [1.54, 1.807) is 0 Å². The van der Waals surface area contributed by atoms with E-state index in [-0.39, 0.29) is 17.6 Å². The number of rotatable bonds is 7. The maximum Gasteiger partial charge on any atom is 0.329 e. The highest BCUT2D eigenvalue weighted by atomic mass is 16.5. The number of nitrogens with one attached hydrogen (secondary N) is 1. The summed E-state index contributed by atoms with van der Waals surface area (Å²) in [6.07, 6.45) is 1.52. The van der Waals surface area contributed by atoms with Crippen molar-refractivity contribution in [3.63, 3.8) is 0 Å². The Morgan fingerprint density at radius 1 is 0.769 bits per heavy atom. The third-order valence-corrected chi connectivity index (χ3v) is 7.92. The molecule has 2 fully saturated rings. The standard InChI is InChI=1S/C31H35N5O3/c37-30(24-10-12-26(13-11-24)32-25-6-2-1-3-7-25)34-16-14-27(15-17-34)36-29-9-5-4-8-28(29)35(31(36)38)19-18-33-20-22-39-23-21-33/h1-13,27,32H,14-23H2. The summed E-state index contributed by atoms with van der Waals surface area (Å²) in [4.78, 5) is 31.2. The van der Waals surface area contributed by atoms with Crippen molar-refractivity contribution in [2.45, 2.75) is 25.4 Å². The molecule has 0 unspecified atom stereocenters. The Bertz CT molecular complexity index is 1460. The normalized spacial score (nSPS) is 17.0. The molecule has 202 valence electrons. The fraction of sp³-hybridized carbons (Fsp3) is 0.355. The van der Waals surface area contributed by atoms with Gasteiger partial charge in [-0.25, -0.2) is 4.79 Å². The predicted molar refractivity (Wildman–Crippen MR) is 154 cm³/mol. The third-order valence-electron chi connectivity index (χ3n) is 7.92. The summed E-state index contributed by atoms with van der Waals surface area (Å²) in [6, 6.07) is 25.8. The molecule has 1 N–H and O–H groups in total. The molecule has 3 aromatic carbocycles. The molecule has 0 atom stereocenters. The van der Waals surface area contributed by atoms with Gasteiger partial charge in [0.2, 0.25) is 0 Å². The van der Waals surface area contributed by atoms with Crippen molar-refractivity contribution in [1.29, 1.82) is 0 Å². The lowest BCUT2D eigenvalue weighted by atomic mass is 10.0. The van der Waals surface area contributed by atoms with Crippen LogP contribution in [0.25, 0.3) is 11.0 Å². The maximum absolute atomic E-state index is 13.7. The lowest BCUT2D eigenvalue weighted by molar-refractivity contribution is 0.0364. The smallest absolute Gasteiger partial charge is 0.329 e. The van der Waals surface area contributed by atoms with Gasteiger partial charge in [0, 0.05) is 62.2 Å². The second-order valence-corrected chi connectivity index (χ2v) is 10.3. The Morgan fingerprint density at radius 2 is 1.41 bits per heavy atom. The molecule has 2 aliphatic rings. The highest BCUT2D eigenvalue weighted by Gasteiger charge is 2.28. The van der Waals surface area contributed by atoms with Crippen molar-refractivity contribution in [1.82, 2.24) is 18.9 Å². The van der Waals surface area contributed by atoms with Crippen LogP contribution in [0.2, 0.25) is 0 Å². The molecular formula is C31H35N5O3. The lowest BCUT2D eigenvalue weighted by Gasteiger charge is -2.32. The number of imidazole rings is 1. The molecule has 8 heteroatoms. The second kappa shape index (κ2) is 11.5. The minimum absolute atomic E-state index is 0.0417. The number of hydrogen-bond acceptors (Lipinski definition) is 5. The molecule has 39 heavy (non-hydrogen) atoms. The molecule has 3 heterocycles. The summed E-state index contributed by atoms with van der Waals surface area (Å²) >= 11 is 0. The molecule has 4 aromatic rings. The second-order valence-electron chi connectivity index (χ2n) is 10.3. The van der Waals surface area contributed by atoms with Gasteiger partial charge in [-0.2, -0.15) is 0 Å². The van der Waals surface area contributed by atoms with Gasteiger partial charge in [0.15, 0.2) is 0 Å². The molecule has 0 radical (unpaired) electrons. The van der Waals surface area contributed by atoms with Gasteiger partial charge in [-0.15, -0.1) is 0 Å². The molecule has 0 bridgehead atoms. The minimum Gasteiger partial charge on any atom is -0.379 e. The zero-order valence-corrected chi connectivity index (χ0v) is 22.2. The Kier molecular flexibility index (Phi) is 7.47. The number of hydrogen-bond donors (Lipinski definition) is 1. The number of anilines is 2. The zero-order chi connectivity index (χ0) is 26.6. The number of carbonyl (C=O) groups excluding carboxylic acids is 1. The molecule has 2 aliphatic heterocycles. The van der Waals surface area contributed by atoms with Crippen molar-refractivity contribution < 1.29 is 9.53 Å². The number of aromatic nitrogens is 2. The first-order chi connectivity index (χ1) is 19.2. The first-order valence-corrected chi connectivity index (χ1v) is 13.9. The van der Waals surface area contributed by atoms with Gasteiger partial charge in [-0.3, -0.25) is 18.8 Å². The van der Waals surface area contributed by atoms with Gasteiger partial charge >= 0.3 is 5.69 Å². The molecule has 0 saturated carbocycles. The number of morpholine rings is 1. The van der Waals surface area contributed by atoms with E-state index in [4.69, 9.17) is 4.74 Å². The van der Waals surface area contributed by atoms with Gasteiger partial charge in [-0.05, 0) is 61.4 Å². The number of fused-ring (bicyclic) bond motifs is 1. The molecule has 8 nitrogen and oxygen atoms in total. The molecule has 6 rings (SSSR count). The Balaban J connectivity index is 1.12. The topological polar surface area (TPSA) is 71.7 Å². The Labute approximate surface area is 228 Å². The summed E-state index contributed by atoms with van der Waals surface area (Å²) in [5.74, 6) is 0.0417. The van der Waals surface area contributed by atoms with E-state index in [0.29, 0.717) is 25.2 Å². The number of benzene rings is 3. The number of likely N-dealkylation sites (tertiary alicyclic amines) is 1. The lowest BCUT2D eigenvalue weighted by Crippen LogP contribution is -2.42. The van der Waals surface area contributed by atoms with E-state index in [2.05, 4.69) is 10.2 Å².